The van der Waals surface area contributed by atoms with Crippen molar-refractivity contribution in [3.05, 3.63) is 36.4 Å². The number of pyridine rings is 1. The van der Waals surface area contributed by atoms with Crippen LogP contribution in [0.2, 0.25) is 0 Å². The molecule has 5 nitrogen and oxygen atoms in total. The molecule has 90 valence electrons. The highest BCUT2D eigenvalue weighted by Gasteiger charge is 2.06. The fourth-order valence-electron chi connectivity index (χ4n) is 1.53. The molecule has 17 heavy (non-hydrogen) atoms. The third kappa shape index (κ3) is 2.62. The first-order chi connectivity index (χ1) is 8.35. The Kier molecular flexibility index (Phi) is 3.72. The summed E-state index contributed by atoms with van der Waals surface area (Å²) in [6, 6.07) is 3.80. The molecule has 0 spiro atoms. The van der Waals surface area contributed by atoms with Crippen LogP contribution in [0.25, 0.3) is 5.69 Å². The van der Waals surface area contributed by atoms with Crippen LogP contribution in [0.3, 0.4) is 0 Å². The first-order valence-electron chi connectivity index (χ1n) is 5.67. The number of aromatic nitrogens is 3. The Morgan fingerprint density at radius 1 is 1.47 bits per heavy atom. The highest BCUT2D eigenvalue weighted by molar-refractivity contribution is 5.36. The largest absolute Gasteiger partial charge is 0.490 e. The molecular formula is C12H16N4O. The normalized spacial score (nSPS) is 10.5. The molecule has 2 heterocycles. The molecule has 0 atom stereocenters. The molecule has 0 radical (unpaired) electrons. The zero-order chi connectivity index (χ0) is 12.1. The van der Waals surface area contributed by atoms with Crippen LogP contribution >= 0.6 is 0 Å². The molecule has 0 aliphatic carbocycles. The Labute approximate surface area is 100 Å². The Hall–Kier alpha value is -1.88. The van der Waals surface area contributed by atoms with Gasteiger partial charge in [-0.15, -0.1) is 0 Å². The van der Waals surface area contributed by atoms with E-state index < -0.39 is 0 Å². The predicted molar refractivity (Wildman–Crippen MR) is 65.0 cm³/mol. The zero-order valence-electron chi connectivity index (χ0n) is 9.84. The number of nitrogens with two attached hydrogens (primary N) is 1. The van der Waals surface area contributed by atoms with Crippen LogP contribution in [0, 0.1) is 0 Å². The third-order valence-corrected chi connectivity index (χ3v) is 2.34. The quantitative estimate of drug-likeness (QED) is 0.848. The van der Waals surface area contributed by atoms with Crippen molar-refractivity contribution in [1.82, 2.24) is 14.8 Å². The van der Waals surface area contributed by atoms with E-state index in [2.05, 4.69) is 17.0 Å². The number of ether oxygens (including phenoxy) is 1. The molecule has 0 fully saturated rings. The van der Waals surface area contributed by atoms with Crippen LogP contribution in [0.1, 0.15) is 19.0 Å². The molecule has 0 unspecified atom stereocenters. The van der Waals surface area contributed by atoms with Crippen molar-refractivity contribution in [2.75, 3.05) is 6.61 Å². The molecule has 2 rings (SSSR count). The van der Waals surface area contributed by atoms with Gasteiger partial charge in [-0.1, -0.05) is 6.92 Å². The van der Waals surface area contributed by atoms with E-state index in [0.717, 1.165) is 23.6 Å². The smallest absolute Gasteiger partial charge is 0.157 e. The molecule has 0 aromatic carbocycles. The maximum Gasteiger partial charge on any atom is 0.157 e. The molecule has 0 aliphatic heterocycles. The molecule has 0 aliphatic rings. The minimum atomic E-state index is 0.390. The van der Waals surface area contributed by atoms with E-state index >= 15 is 0 Å². The summed E-state index contributed by atoms with van der Waals surface area (Å²) < 4.78 is 7.23. The molecule has 0 saturated heterocycles. The molecule has 0 amide bonds. The summed E-state index contributed by atoms with van der Waals surface area (Å²) in [6.45, 7) is 3.15. The summed E-state index contributed by atoms with van der Waals surface area (Å²) in [5.41, 5.74) is 7.35. The molecule has 2 aromatic heterocycles. The number of rotatable bonds is 5. The van der Waals surface area contributed by atoms with E-state index in [-0.39, 0.29) is 0 Å². The second-order valence-corrected chi connectivity index (χ2v) is 3.64. The summed E-state index contributed by atoms with van der Waals surface area (Å²) in [6.07, 6.45) is 6.24. The van der Waals surface area contributed by atoms with Crippen LogP contribution in [-0.2, 0) is 6.54 Å². The molecule has 2 N–H and O–H groups in total. The van der Waals surface area contributed by atoms with Gasteiger partial charge in [0.05, 0.1) is 30.4 Å². The van der Waals surface area contributed by atoms with E-state index in [1.165, 1.54) is 0 Å². The van der Waals surface area contributed by atoms with Gasteiger partial charge in [-0.05, 0) is 18.6 Å². The lowest BCUT2D eigenvalue weighted by Gasteiger charge is -2.05. The van der Waals surface area contributed by atoms with E-state index in [1.807, 2.05) is 18.3 Å². The SMILES string of the molecule is CCCOc1cnn(-c2cccnc2CN)c1. The average molecular weight is 232 g/mol. The Morgan fingerprint density at radius 2 is 2.35 bits per heavy atom. The maximum atomic E-state index is 5.64. The van der Waals surface area contributed by atoms with Crippen molar-refractivity contribution in [1.29, 1.82) is 0 Å². The van der Waals surface area contributed by atoms with Gasteiger partial charge in [-0.25, -0.2) is 4.68 Å². The van der Waals surface area contributed by atoms with Crippen molar-refractivity contribution >= 4 is 0 Å². The fourth-order valence-corrected chi connectivity index (χ4v) is 1.53. The average Bonchev–Trinajstić information content (AvgIpc) is 2.85. The standard InChI is InChI=1S/C12H16N4O/c1-2-6-17-10-8-15-16(9-10)12-4-3-5-14-11(12)7-13/h3-5,8-9H,2,6-7,13H2,1H3. The fraction of sp³-hybridized carbons (Fsp3) is 0.333. The lowest BCUT2D eigenvalue weighted by molar-refractivity contribution is 0.317. The summed E-state index contributed by atoms with van der Waals surface area (Å²) in [5, 5.41) is 4.24. The van der Waals surface area contributed by atoms with Crippen molar-refractivity contribution in [3.63, 3.8) is 0 Å². The molecule has 2 aromatic rings. The van der Waals surface area contributed by atoms with Gasteiger partial charge in [0.2, 0.25) is 0 Å². The Balaban J connectivity index is 2.24. The van der Waals surface area contributed by atoms with Crippen molar-refractivity contribution in [3.8, 4) is 11.4 Å². The van der Waals surface area contributed by atoms with E-state index in [1.54, 1.807) is 17.1 Å². The molecule has 0 bridgehead atoms. The van der Waals surface area contributed by atoms with Gasteiger partial charge < -0.3 is 10.5 Å². The van der Waals surface area contributed by atoms with Crippen LogP contribution in [0.4, 0.5) is 0 Å². The van der Waals surface area contributed by atoms with E-state index in [9.17, 15) is 0 Å². The summed E-state index contributed by atoms with van der Waals surface area (Å²) in [5.74, 6) is 0.763. The lowest BCUT2D eigenvalue weighted by atomic mass is 10.3. The van der Waals surface area contributed by atoms with Crippen LogP contribution in [0.15, 0.2) is 30.7 Å². The van der Waals surface area contributed by atoms with Gasteiger partial charge in [0.1, 0.15) is 0 Å². The van der Waals surface area contributed by atoms with Gasteiger partial charge in [-0.2, -0.15) is 5.10 Å². The minimum absolute atomic E-state index is 0.390. The molecule has 0 saturated carbocycles. The van der Waals surface area contributed by atoms with Gasteiger partial charge >= 0.3 is 0 Å². The predicted octanol–water partition coefficient (Wildman–Crippen LogP) is 1.51. The van der Waals surface area contributed by atoms with Gasteiger partial charge in [0.25, 0.3) is 0 Å². The van der Waals surface area contributed by atoms with Crippen LogP contribution in [-0.4, -0.2) is 21.4 Å². The van der Waals surface area contributed by atoms with Crippen LogP contribution in [0.5, 0.6) is 5.75 Å². The van der Waals surface area contributed by atoms with Gasteiger partial charge in [0.15, 0.2) is 5.75 Å². The Morgan fingerprint density at radius 3 is 3.12 bits per heavy atom. The topological polar surface area (TPSA) is 66.0 Å². The van der Waals surface area contributed by atoms with Crippen molar-refractivity contribution < 1.29 is 4.74 Å². The monoisotopic (exact) mass is 232 g/mol. The summed E-state index contributed by atoms with van der Waals surface area (Å²) >= 11 is 0. The van der Waals surface area contributed by atoms with Crippen LogP contribution < -0.4 is 10.5 Å². The second kappa shape index (κ2) is 5.45. The number of hydrogen-bond acceptors (Lipinski definition) is 4. The summed E-state index contributed by atoms with van der Waals surface area (Å²) in [7, 11) is 0. The van der Waals surface area contributed by atoms with E-state index in [0.29, 0.717) is 13.2 Å². The third-order valence-electron chi connectivity index (χ3n) is 2.34. The molecular weight excluding hydrogens is 216 g/mol. The first-order valence-corrected chi connectivity index (χ1v) is 5.67. The van der Waals surface area contributed by atoms with Crippen molar-refractivity contribution in [2.24, 2.45) is 5.73 Å². The highest BCUT2D eigenvalue weighted by Crippen LogP contribution is 2.15. The zero-order valence-corrected chi connectivity index (χ0v) is 9.84. The Bertz CT molecular complexity index is 481. The molecule has 5 heteroatoms. The summed E-state index contributed by atoms with van der Waals surface area (Å²) in [4.78, 5) is 4.22. The van der Waals surface area contributed by atoms with E-state index in [4.69, 9.17) is 10.5 Å². The maximum absolute atomic E-state index is 5.64. The van der Waals surface area contributed by atoms with Gasteiger partial charge in [0, 0.05) is 12.7 Å². The lowest BCUT2D eigenvalue weighted by Crippen LogP contribution is -2.06. The number of hydrogen-bond donors (Lipinski definition) is 1. The number of nitrogens with zero attached hydrogens (tertiary/aromatic N) is 3. The first kappa shape index (κ1) is 11.6. The highest BCUT2D eigenvalue weighted by atomic mass is 16.5. The van der Waals surface area contributed by atoms with Crippen molar-refractivity contribution in [2.45, 2.75) is 19.9 Å². The second-order valence-electron chi connectivity index (χ2n) is 3.64. The minimum Gasteiger partial charge on any atom is -0.490 e. The van der Waals surface area contributed by atoms with Gasteiger partial charge in [-0.3, -0.25) is 4.98 Å².